The number of carbonyl (C=O) groups excluding carboxylic acids is 1. The Hall–Kier alpha value is -1.88. The number of carbonyl (C=O) groups is 2. The number of aromatic carboxylic acids is 1. The summed E-state index contributed by atoms with van der Waals surface area (Å²) in [4.78, 5) is 22.4. The van der Waals surface area contributed by atoms with Gasteiger partial charge in [-0.15, -0.1) is 0 Å². The smallest absolute Gasteiger partial charge is 0.335 e. The highest BCUT2D eigenvalue weighted by Gasteiger charge is 2.19. The molecule has 5 nitrogen and oxygen atoms in total. The summed E-state index contributed by atoms with van der Waals surface area (Å²) in [5.41, 5.74) is 1.17. The predicted octanol–water partition coefficient (Wildman–Crippen LogP) is 2.06. The van der Waals surface area contributed by atoms with E-state index in [0.717, 1.165) is 5.56 Å². The Morgan fingerprint density at radius 2 is 1.85 bits per heavy atom. The van der Waals surface area contributed by atoms with Crippen molar-refractivity contribution in [3.8, 4) is 0 Å². The number of esters is 1. The quantitative estimate of drug-likeness (QED) is 0.747. The van der Waals surface area contributed by atoms with Gasteiger partial charge in [0.25, 0.3) is 0 Å². The molecule has 20 heavy (non-hydrogen) atoms. The van der Waals surface area contributed by atoms with Crippen LogP contribution in [0, 0.1) is 5.92 Å². The molecule has 0 fully saturated rings. The van der Waals surface area contributed by atoms with E-state index in [0.29, 0.717) is 18.9 Å². The molecule has 0 amide bonds. The normalized spacial score (nSPS) is 12.2. The number of carboxylic acids is 1. The zero-order valence-electron chi connectivity index (χ0n) is 12.1. The minimum atomic E-state index is -0.947. The molecule has 0 saturated heterocycles. The van der Waals surface area contributed by atoms with Gasteiger partial charge in [0.15, 0.2) is 0 Å². The van der Waals surface area contributed by atoms with Gasteiger partial charge < -0.3 is 15.2 Å². The average Bonchev–Trinajstić information content (AvgIpc) is 2.42. The first-order valence-electron chi connectivity index (χ1n) is 6.57. The number of hydrogen-bond acceptors (Lipinski definition) is 4. The van der Waals surface area contributed by atoms with E-state index in [1.165, 1.54) is 7.11 Å². The SMILES string of the molecule is COC(=O)C(CC(C)C)NCc1ccc(C(=O)O)cc1. The lowest BCUT2D eigenvalue weighted by molar-refractivity contribution is -0.143. The van der Waals surface area contributed by atoms with E-state index >= 15 is 0 Å². The zero-order valence-corrected chi connectivity index (χ0v) is 12.1. The van der Waals surface area contributed by atoms with Gasteiger partial charge in [-0.25, -0.2) is 4.79 Å². The molecule has 110 valence electrons. The van der Waals surface area contributed by atoms with Gasteiger partial charge in [0.2, 0.25) is 0 Å². The second-order valence-corrected chi connectivity index (χ2v) is 5.09. The molecular formula is C15H21NO4. The Morgan fingerprint density at radius 3 is 2.30 bits per heavy atom. The van der Waals surface area contributed by atoms with Crippen LogP contribution in [0.15, 0.2) is 24.3 Å². The highest BCUT2D eigenvalue weighted by atomic mass is 16.5. The maximum absolute atomic E-state index is 11.6. The third-order valence-electron chi connectivity index (χ3n) is 2.95. The van der Waals surface area contributed by atoms with Crippen LogP contribution in [0.1, 0.15) is 36.2 Å². The molecule has 0 aliphatic carbocycles. The lowest BCUT2D eigenvalue weighted by Gasteiger charge is -2.18. The van der Waals surface area contributed by atoms with Crippen LogP contribution in [-0.4, -0.2) is 30.2 Å². The highest BCUT2D eigenvalue weighted by molar-refractivity contribution is 5.87. The van der Waals surface area contributed by atoms with Crippen molar-refractivity contribution in [3.05, 3.63) is 35.4 Å². The molecule has 0 bridgehead atoms. The molecule has 1 rings (SSSR count). The molecule has 1 unspecified atom stereocenters. The van der Waals surface area contributed by atoms with Crippen molar-refractivity contribution in [2.45, 2.75) is 32.9 Å². The summed E-state index contributed by atoms with van der Waals surface area (Å²) in [6.07, 6.45) is 0.694. The third-order valence-corrected chi connectivity index (χ3v) is 2.95. The number of hydrogen-bond donors (Lipinski definition) is 2. The topological polar surface area (TPSA) is 75.6 Å². The lowest BCUT2D eigenvalue weighted by atomic mass is 10.0. The summed E-state index contributed by atoms with van der Waals surface area (Å²) in [6, 6.07) is 6.23. The lowest BCUT2D eigenvalue weighted by Crippen LogP contribution is -2.38. The van der Waals surface area contributed by atoms with Crippen molar-refractivity contribution < 1.29 is 19.4 Å². The van der Waals surface area contributed by atoms with Crippen molar-refractivity contribution >= 4 is 11.9 Å². The van der Waals surface area contributed by atoms with Crippen LogP contribution in [0.5, 0.6) is 0 Å². The standard InChI is InChI=1S/C15H21NO4/c1-10(2)8-13(15(19)20-3)16-9-11-4-6-12(7-5-11)14(17)18/h4-7,10,13,16H,8-9H2,1-3H3,(H,17,18). The molecule has 2 N–H and O–H groups in total. The number of ether oxygens (including phenoxy) is 1. The van der Waals surface area contributed by atoms with Crippen molar-refractivity contribution in [3.63, 3.8) is 0 Å². The maximum Gasteiger partial charge on any atom is 0.335 e. The van der Waals surface area contributed by atoms with Gasteiger partial charge in [-0.05, 0) is 30.0 Å². The number of carboxylic acid groups (broad SMARTS) is 1. The summed E-state index contributed by atoms with van der Waals surface area (Å²) in [7, 11) is 1.37. The zero-order chi connectivity index (χ0) is 15.1. The number of rotatable bonds is 7. The third kappa shape index (κ3) is 5.01. The van der Waals surface area contributed by atoms with Crippen LogP contribution in [0.4, 0.5) is 0 Å². The van der Waals surface area contributed by atoms with Crippen LogP contribution in [0.25, 0.3) is 0 Å². The van der Waals surface area contributed by atoms with Crippen molar-refractivity contribution in [2.24, 2.45) is 5.92 Å². The predicted molar refractivity (Wildman–Crippen MR) is 75.5 cm³/mol. The number of benzene rings is 1. The second-order valence-electron chi connectivity index (χ2n) is 5.09. The van der Waals surface area contributed by atoms with Crippen molar-refractivity contribution in [1.29, 1.82) is 0 Å². The summed E-state index contributed by atoms with van der Waals surface area (Å²) < 4.78 is 4.77. The van der Waals surface area contributed by atoms with Crippen LogP contribution in [0.2, 0.25) is 0 Å². The first kappa shape index (κ1) is 16.2. The monoisotopic (exact) mass is 279 g/mol. The average molecular weight is 279 g/mol. The first-order chi connectivity index (χ1) is 9.43. The number of nitrogens with one attached hydrogen (secondary N) is 1. The van der Waals surface area contributed by atoms with Crippen LogP contribution in [0.3, 0.4) is 0 Å². The van der Waals surface area contributed by atoms with Crippen LogP contribution >= 0.6 is 0 Å². The fourth-order valence-corrected chi connectivity index (χ4v) is 1.88. The van der Waals surface area contributed by atoms with Gasteiger partial charge in [0, 0.05) is 6.54 Å². The molecule has 5 heteroatoms. The molecule has 0 saturated carbocycles. The summed E-state index contributed by atoms with van der Waals surface area (Å²) in [5, 5.41) is 12.0. The molecule has 0 aliphatic heterocycles. The van der Waals surface area contributed by atoms with E-state index in [1.807, 2.05) is 13.8 Å². The van der Waals surface area contributed by atoms with Crippen molar-refractivity contribution in [2.75, 3.05) is 7.11 Å². The van der Waals surface area contributed by atoms with E-state index < -0.39 is 5.97 Å². The molecule has 0 aromatic heterocycles. The van der Waals surface area contributed by atoms with E-state index in [1.54, 1.807) is 24.3 Å². The minimum absolute atomic E-state index is 0.250. The molecule has 0 heterocycles. The van der Waals surface area contributed by atoms with Crippen LogP contribution in [-0.2, 0) is 16.1 Å². The van der Waals surface area contributed by atoms with Gasteiger partial charge in [-0.3, -0.25) is 4.79 Å². The molecule has 1 aromatic carbocycles. The van der Waals surface area contributed by atoms with E-state index in [-0.39, 0.29) is 17.6 Å². The Balaban J connectivity index is 2.62. The first-order valence-corrected chi connectivity index (χ1v) is 6.57. The van der Waals surface area contributed by atoms with Gasteiger partial charge in [0.1, 0.15) is 6.04 Å². The van der Waals surface area contributed by atoms with Gasteiger partial charge in [-0.1, -0.05) is 26.0 Å². The fraction of sp³-hybridized carbons (Fsp3) is 0.467. The van der Waals surface area contributed by atoms with Gasteiger partial charge in [0.05, 0.1) is 12.7 Å². The van der Waals surface area contributed by atoms with Crippen molar-refractivity contribution in [1.82, 2.24) is 5.32 Å². The Morgan fingerprint density at radius 1 is 1.25 bits per heavy atom. The molecular weight excluding hydrogens is 258 g/mol. The fourth-order valence-electron chi connectivity index (χ4n) is 1.88. The second kappa shape index (κ2) is 7.65. The molecule has 0 aliphatic rings. The Labute approximate surface area is 118 Å². The maximum atomic E-state index is 11.6. The summed E-state index contributed by atoms with van der Waals surface area (Å²) >= 11 is 0. The highest BCUT2D eigenvalue weighted by Crippen LogP contribution is 2.09. The Bertz CT molecular complexity index is 453. The summed E-state index contributed by atoms with van der Waals surface area (Å²) in [6.45, 7) is 4.57. The minimum Gasteiger partial charge on any atom is -0.478 e. The molecule has 0 spiro atoms. The van der Waals surface area contributed by atoms with Gasteiger partial charge >= 0.3 is 11.9 Å². The van der Waals surface area contributed by atoms with Gasteiger partial charge in [-0.2, -0.15) is 0 Å². The van der Waals surface area contributed by atoms with Crippen LogP contribution < -0.4 is 5.32 Å². The Kier molecular flexibility index (Phi) is 6.18. The van der Waals surface area contributed by atoms with E-state index in [4.69, 9.17) is 9.84 Å². The summed E-state index contributed by atoms with van der Waals surface area (Å²) in [5.74, 6) is -0.849. The molecule has 1 aromatic rings. The molecule has 1 atom stereocenters. The number of methoxy groups -OCH3 is 1. The largest absolute Gasteiger partial charge is 0.478 e. The van der Waals surface area contributed by atoms with E-state index in [2.05, 4.69) is 5.32 Å². The van der Waals surface area contributed by atoms with E-state index in [9.17, 15) is 9.59 Å². The molecule has 0 radical (unpaired) electrons.